The summed E-state index contributed by atoms with van der Waals surface area (Å²) in [6, 6.07) is 7.16. The van der Waals surface area contributed by atoms with E-state index in [9.17, 15) is 9.59 Å². The molecule has 1 fully saturated rings. The first-order valence-corrected chi connectivity index (χ1v) is 7.12. The molecule has 0 saturated carbocycles. The number of nitrogens with one attached hydrogen (secondary N) is 1. The molecular formula is C15H22N4O2. The summed E-state index contributed by atoms with van der Waals surface area (Å²) in [6.07, 6.45) is 0. The molecule has 0 spiro atoms. The molecule has 0 aromatic heterocycles. The van der Waals surface area contributed by atoms with Gasteiger partial charge in [0.15, 0.2) is 0 Å². The molecule has 1 aliphatic heterocycles. The van der Waals surface area contributed by atoms with Gasteiger partial charge in [-0.25, -0.2) is 0 Å². The van der Waals surface area contributed by atoms with Gasteiger partial charge < -0.3 is 16.0 Å². The number of rotatable bonds is 5. The zero-order valence-corrected chi connectivity index (χ0v) is 12.3. The van der Waals surface area contributed by atoms with Crippen LogP contribution < -0.4 is 11.1 Å². The second kappa shape index (κ2) is 7.19. The van der Waals surface area contributed by atoms with Crippen LogP contribution in [0.5, 0.6) is 0 Å². The normalized spacial score (nSPS) is 15.2. The van der Waals surface area contributed by atoms with Crippen molar-refractivity contribution in [3.05, 3.63) is 35.4 Å². The molecule has 114 valence electrons. The van der Waals surface area contributed by atoms with E-state index in [0.29, 0.717) is 18.7 Å². The summed E-state index contributed by atoms with van der Waals surface area (Å²) >= 11 is 0. The lowest BCUT2D eigenvalue weighted by molar-refractivity contribution is -0.132. The molecule has 6 nitrogen and oxygen atoms in total. The van der Waals surface area contributed by atoms with Gasteiger partial charge in [0, 0.05) is 38.3 Å². The van der Waals surface area contributed by atoms with Crippen LogP contribution >= 0.6 is 0 Å². The number of nitrogens with two attached hydrogens (primary N) is 1. The second-order valence-corrected chi connectivity index (χ2v) is 5.36. The largest absolute Gasteiger partial charge is 0.366 e. The maximum atomic E-state index is 12.1. The van der Waals surface area contributed by atoms with Crippen LogP contribution in [0.2, 0.25) is 0 Å². The number of likely N-dealkylation sites (N-methyl/N-ethyl adjacent to an activating group) is 1. The number of carbonyl (C=O) groups excluding carboxylic acids is 2. The summed E-state index contributed by atoms with van der Waals surface area (Å²) in [6.45, 7) is 4.35. The summed E-state index contributed by atoms with van der Waals surface area (Å²) in [7, 11) is 1.92. The third kappa shape index (κ3) is 4.54. The van der Waals surface area contributed by atoms with Crippen LogP contribution in [0.15, 0.2) is 24.3 Å². The molecule has 2 amide bonds. The lowest BCUT2D eigenvalue weighted by Gasteiger charge is -2.29. The predicted molar refractivity (Wildman–Crippen MR) is 80.7 cm³/mol. The van der Waals surface area contributed by atoms with E-state index >= 15 is 0 Å². The van der Waals surface area contributed by atoms with Crippen LogP contribution in [0.25, 0.3) is 0 Å². The van der Waals surface area contributed by atoms with E-state index in [0.717, 1.165) is 31.7 Å². The highest BCUT2D eigenvalue weighted by Gasteiger charge is 2.17. The number of carbonyl (C=O) groups is 2. The molecule has 0 atom stereocenters. The summed E-state index contributed by atoms with van der Waals surface area (Å²) < 4.78 is 0. The molecule has 2 rings (SSSR count). The first kappa shape index (κ1) is 15.5. The van der Waals surface area contributed by atoms with Crippen molar-refractivity contribution in [3.8, 4) is 0 Å². The molecule has 0 unspecified atom stereocenters. The summed E-state index contributed by atoms with van der Waals surface area (Å²) in [5.41, 5.74) is 6.76. The molecule has 0 radical (unpaired) electrons. The average Bonchev–Trinajstić information content (AvgIpc) is 2.48. The lowest BCUT2D eigenvalue weighted by atomic mass is 10.1. The van der Waals surface area contributed by atoms with Crippen molar-refractivity contribution in [2.24, 2.45) is 5.73 Å². The van der Waals surface area contributed by atoms with Crippen LogP contribution in [0, 0.1) is 0 Å². The smallest absolute Gasteiger partial charge is 0.248 e. The zero-order valence-electron chi connectivity index (χ0n) is 12.3. The molecule has 1 aromatic carbocycles. The molecule has 6 heteroatoms. The summed E-state index contributed by atoms with van der Waals surface area (Å²) in [5.74, 6) is -0.267. The quantitative estimate of drug-likeness (QED) is 0.777. The number of amides is 2. The van der Waals surface area contributed by atoms with E-state index in [-0.39, 0.29) is 5.91 Å². The fraction of sp³-hybridized carbons (Fsp3) is 0.467. The molecule has 3 N–H and O–H groups in total. The maximum absolute atomic E-state index is 12.1. The second-order valence-electron chi connectivity index (χ2n) is 5.36. The number of hydrogen-bond acceptors (Lipinski definition) is 4. The molecule has 1 heterocycles. The van der Waals surface area contributed by atoms with Crippen molar-refractivity contribution in [2.45, 2.75) is 6.54 Å². The standard InChI is InChI=1S/C15H22N4O2/c1-18(11-14(20)19-8-6-17-7-9-19)10-12-2-4-13(5-3-12)15(16)21/h2-5,17H,6-11H2,1H3,(H2,16,21). The van der Waals surface area contributed by atoms with Crippen molar-refractivity contribution < 1.29 is 9.59 Å². The molecular weight excluding hydrogens is 268 g/mol. The van der Waals surface area contributed by atoms with Crippen LogP contribution in [0.1, 0.15) is 15.9 Å². The predicted octanol–water partition coefficient (Wildman–Crippen LogP) is -0.351. The van der Waals surface area contributed by atoms with E-state index in [2.05, 4.69) is 5.32 Å². The SMILES string of the molecule is CN(CC(=O)N1CCNCC1)Cc1ccc(C(N)=O)cc1. The first-order chi connectivity index (χ1) is 10.1. The monoisotopic (exact) mass is 290 g/mol. The lowest BCUT2D eigenvalue weighted by Crippen LogP contribution is -2.49. The van der Waals surface area contributed by atoms with Crippen LogP contribution in [-0.4, -0.2) is 61.4 Å². The summed E-state index contributed by atoms with van der Waals surface area (Å²) in [4.78, 5) is 27.0. The molecule has 0 bridgehead atoms. The summed E-state index contributed by atoms with van der Waals surface area (Å²) in [5, 5.41) is 3.23. The van der Waals surface area contributed by atoms with Crippen molar-refractivity contribution >= 4 is 11.8 Å². The molecule has 1 aliphatic rings. The van der Waals surface area contributed by atoms with Crippen molar-refractivity contribution in [1.82, 2.24) is 15.1 Å². The average molecular weight is 290 g/mol. The minimum Gasteiger partial charge on any atom is -0.366 e. The van der Waals surface area contributed by atoms with Crippen molar-refractivity contribution in [2.75, 3.05) is 39.8 Å². The number of hydrogen-bond donors (Lipinski definition) is 2. The third-order valence-corrected chi connectivity index (χ3v) is 3.57. The minimum absolute atomic E-state index is 0.160. The Morgan fingerprint density at radius 3 is 2.43 bits per heavy atom. The Balaban J connectivity index is 1.84. The van der Waals surface area contributed by atoms with Gasteiger partial charge in [-0.3, -0.25) is 14.5 Å². The van der Waals surface area contributed by atoms with E-state index in [4.69, 9.17) is 5.73 Å². The Morgan fingerprint density at radius 1 is 1.24 bits per heavy atom. The van der Waals surface area contributed by atoms with Gasteiger partial charge in [0.25, 0.3) is 0 Å². The number of primary amides is 1. The third-order valence-electron chi connectivity index (χ3n) is 3.57. The van der Waals surface area contributed by atoms with Crippen LogP contribution in [0.4, 0.5) is 0 Å². The van der Waals surface area contributed by atoms with Crippen LogP contribution in [-0.2, 0) is 11.3 Å². The van der Waals surface area contributed by atoms with Gasteiger partial charge in [0.05, 0.1) is 6.54 Å². The fourth-order valence-electron chi connectivity index (χ4n) is 2.39. The Hall–Kier alpha value is -1.92. The van der Waals surface area contributed by atoms with Gasteiger partial charge in [-0.05, 0) is 24.7 Å². The van der Waals surface area contributed by atoms with Gasteiger partial charge in [0.2, 0.25) is 11.8 Å². The fourth-order valence-corrected chi connectivity index (χ4v) is 2.39. The Morgan fingerprint density at radius 2 is 1.86 bits per heavy atom. The van der Waals surface area contributed by atoms with Gasteiger partial charge in [-0.2, -0.15) is 0 Å². The van der Waals surface area contributed by atoms with Crippen molar-refractivity contribution in [1.29, 1.82) is 0 Å². The Bertz CT molecular complexity index is 495. The van der Waals surface area contributed by atoms with E-state index in [1.807, 2.05) is 29.0 Å². The number of nitrogens with zero attached hydrogens (tertiary/aromatic N) is 2. The number of piperazine rings is 1. The highest BCUT2D eigenvalue weighted by Crippen LogP contribution is 2.07. The number of benzene rings is 1. The van der Waals surface area contributed by atoms with E-state index in [1.165, 1.54) is 0 Å². The molecule has 21 heavy (non-hydrogen) atoms. The van der Waals surface area contributed by atoms with Gasteiger partial charge >= 0.3 is 0 Å². The maximum Gasteiger partial charge on any atom is 0.248 e. The van der Waals surface area contributed by atoms with Gasteiger partial charge in [-0.15, -0.1) is 0 Å². The minimum atomic E-state index is -0.427. The van der Waals surface area contributed by atoms with Crippen LogP contribution in [0.3, 0.4) is 0 Å². The topological polar surface area (TPSA) is 78.7 Å². The molecule has 0 aliphatic carbocycles. The molecule has 1 aromatic rings. The Labute approximate surface area is 124 Å². The highest BCUT2D eigenvalue weighted by molar-refractivity contribution is 5.92. The van der Waals surface area contributed by atoms with E-state index in [1.54, 1.807) is 12.1 Å². The Kier molecular flexibility index (Phi) is 5.30. The zero-order chi connectivity index (χ0) is 15.2. The van der Waals surface area contributed by atoms with Gasteiger partial charge in [0.1, 0.15) is 0 Å². The highest BCUT2D eigenvalue weighted by atomic mass is 16.2. The first-order valence-electron chi connectivity index (χ1n) is 7.12. The van der Waals surface area contributed by atoms with Gasteiger partial charge in [-0.1, -0.05) is 12.1 Å². The molecule has 1 saturated heterocycles. The van der Waals surface area contributed by atoms with Crippen molar-refractivity contribution in [3.63, 3.8) is 0 Å². The van der Waals surface area contributed by atoms with E-state index < -0.39 is 5.91 Å².